The molecule has 1 amide bonds. The van der Waals surface area contributed by atoms with Crippen LogP contribution in [0.5, 0.6) is 0 Å². The van der Waals surface area contributed by atoms with Crippen LogP contribution in [-0.4, -0.2) is 85.3 Å². The summed E-state index contributed by atoms with van der Waals surface area (Å²) < 4.78 is 188. The van der Waals surface area contributed by atoms with E-state index in [1.807, 2.05) is 30.3 Å². The van der Waals surface area contributed by atoms with E-state index < -0.39 is 79.0 Å². The van der Waals surface area contributed by atoms with Crippen LogP contribution in [0.4, 0.5) is 65.9 Å². The van der Waals surface area contributed by atoms with Crippen molar-refractivity contribution in [3.05, 3.63) is 108 Å². The molecule has 0 fully saturated rings. The highest BCUT2D eigenvalue weighted by atomic mass is 19.4. The molecule has 5 nitrogen and oxygen atoms in total. The molecule has 0 aliphatic carbocycles. The number of aryl methyl sites for hydroxylation is 3. The molecule has 3 unspecified atom stereocenters. The molecule has 3 atom stereocenters. The van der Waals surface area contributed by atoms with Gasteiger partial charge in [0, 0.05) is 7.05 Å². The van der Waals surface area contributed by atoms with Crippen molar-refractivity contribution < 1.29 is 85.1 Å². The minimum absolute atomic E-state index is 0.00482. The zero-order chi connectivity index (χ0) is 46.0. The molecule has 0 heterocycles. The fourth-order valence-electron chi connectivity index (χ4n) is 4.93. The fraction of sp³-hybridized carbons (Fsp3) is 0.475. The van der Waals surface area contributed by atoms with E-state index in [0.29, 0.717) is 18.4 Å². The number of hydrogen-bond donors (Lipinski definition) is 0. The van der Waals surface area contributed by atoms with Gasteiger partial charge < -0.3 is 0 Å². The number of carbonyl (C=O) groups excluding carboxylic acids is 3. The van der Waals surface area contributed by atoms with Gasteiger partial charge in [-0.1, -0.05) is 91.0 Å². The number of alkyl halides is 15. The summed E-state index contributed by atoms with van der Waals surface area (Å²) in [7, 11) is 2.75. The Morgan fingerprint density at radius 1 is 0.500 bits per heavy atom. The van der Waals surface area contributed by atoms with Gasteiger partial charge >= 0.3 is 30.1 Å². The Morgan fingerprint density at radius 3 is 1.08 bits per heavy atom. The van der Waals surface area contributed by atoms with Gasteiger partial charge in [-0.05, 0) is 74.5 Å². The molecule has 0 aliphatic heterocycles. The molecular formula is C40H42F15NO4. The van der Waals surface area contributed by atoms with Crippen LogP contribution in [0.25, 0.3) is 0 Å². The molecule has 0 aliphatic rings. The van der Waals surface area contributed by atoms with Gasteiger partial charge in [0.2, 0.25) is 11.6 Å². The summed E-state index contributed by atoms with van der Waals surface area (Å²) in [5, 5.41) is 0.924. The van der Waals surface area contributed by atoms with Crippen molar-refractivity contribution in [3.8, 4) is 0 Å². The topological polar surface area (TPSA) is 63.7 Å². The molecule has 0 N–H and O–H groups in total. The lowest BCUT2D eigenvalue weighted by Crippen LogP contribution is -2.58. The minimum Gasteiger partial charge on any atom is -0.289 e. The number of carbonyl (C=O) groups is 3. The van der Waals surface area contributed by atoms with E-state index in [9.17, 15) is 80.2 Å². The Morgan fingerprint density at radius 2 is 0.800 bits per heavy atom. The number of hydroxylamine groups is 2. The molecule has 60 heavy (non-hydrogen) atoms. The summed E-state index contributed by atoms with van der Waals surface area (Å²) in [6.45, 7) is 0. The van der Waals surface area contributed by atoms with Crippen molar-refractivity contribution in [1.29, 1.82) is 0 Å². The molecule has 0 saturated carbocycles. The van der Waals surface area contributed by atoms with Gasteiger partial charge in [-0.25, -0.2) is 18.2 Å². The van der Waals surface area contributed by atoms with Crippen LogP contribution in [0.3, 0.4) is 0 Å². The monoisotopic (exact) mass is 885 g/mol. The predicted octanol–water partition coefficient (Wildman–Crippen LogP) is 11.2. The molecule has 3 aromatic rings. The standard InChI is InChI=1S/C14H12F8O.C13H12F6O.C13H18FNO2/c15-10(8-4-7-9-5-2-1-3-6-9)11(23)12(16,17)13(18,19)14(20,21)22;14-10(11(20)12(15,16)13(17,18)19)8-4-7-9-5-2-1-3-6-9;1-15(17-2)13(16)12(14)10-6-9-11-7-4-3-5-8-11/h1-3,5-6,10H,4,7-8H2;1-3,5-6,10H,4,7-8H2;3-5,7-8,12H,6,9-10H2,1-2H3. The quantitative estimate of drug-likeness (QED) is 0.0889. The Kier molecular flexibility index (Phi) is 21.3. The highest BCUT2D eigenvalue weighted by Crippen LogP contribution is 2.47. The van der Waals surface area contributed by atoms with E-state index in [2.05, 4.69) is 4.84 Å². The third-order valence-electron chi connectivity index (χ3n) is 8.44. The minimum atomic E-state index is -6.66. The molecule has 336 valence electrons. The average Bonchev–Trinajstić information content (AvgIpc) is 3.20. The van der Waals surface area contributed by atoms with E-state index in [4.69, 9.17) is 0 Å². The van der Waals surface area contributed by atoms with Crippen molar-refractivity contribution in [2.24, 2.45) is 0 Å². The lowest BCUT2D eigenvalue weighted by Gasteiger charge is -2.27. The van der Waals surface area contributed by atoms with Crippen LogP contribution in [-0.2, 0) is 38.5 Å². The molecule has 20 heteroatoms. The van der Waals surface area contributed by atoms with Crippen molar-refractivity contribution in [2.75, 3.05) is 14.2 Å². The summed E-state index contributed by atoms with van der Waals surface area (Å²) >= 11 is 0. The first-order valence-corrected chi connectivity index (χ1v) is 17.9. The van der Waals surface area contributed by atoms with Crippen LogP contribution in [0.2, 0.25) is 0 Å². The highest BCUT2D eigenvalue weighted by molar-refractivity contribution is 5.91. The van der Waals surface area contributed by atoms with E-state index >= 15 is 0 Å². The van der Waals surface area contributed by atoms with Gasteiger partial charge in [0.1, 0.15) is 0 Å². The summed E-state index contributed by atoms with van der Waals surface area (Å²) in [5.41, 5.74) is 2.63. The summed E-state index contributed by atoms with van der Waals surface area (Å²) in [6, 6.07) is 26.7. The van der Waals surface area contributed by atoms with Crippen molar-refractivity contribution in [3.63, 3.8) is 0 Å². The Labute approximate surface area is 335 Å². The number of halogens is 15. The molecule has 0 aromatic heterocycles. The van der Waals surface area contributed by atoms with Gasteiger partial charge in [-0.3, -0.25) is 19.2 Å². The molecule has 0 saturated heterocycles. The number of Topliss-reactive ketones (excluding diaryl/α,β-unsaturated/α-hetero) is 2. The van der Waals surface area contributed by atoms with Crippen molar-refractivity contribution in [2.45, 2.75) is 106 Å². The first-order chi connectivity index (χ1) is 27.7. The number of nitrogens with zero attached hydrogens (tertiary/aromatic N) is 1. The van der Waals surface area contributed by atoms with Crippen LogP contribution in [0, 0.1) is 0 Å². The van der Waals surface area contributed by atoms with Crippen LogP contribution >= 0.6 is 0 Å². The van der Waals surface area contributed by atoms with Crippen LogP contribution in [0.15, 0.2) is 91.0 Å². The van der Waals surface area contributed by atoms with Gasteiger partial charge in [0.25, 0.3) is 5.91 Å². The van der Waals surface area contributed by atoms with E-state index in [0.717, 1.165) is 22.6 Å². The van der Waals surface area contributed by atoms with Gasteiger partial charge in [-0.2, -0.15) is 52.7 Å². The Hall–Kier alpha value is -4.62. The third-order valence-corrected chi connectivity index (χ3v) is 8.44. The molecule has 0 bridgehead atoms. The Bertz CT molecular complexity index is 1710. The molecular weight excluding hydrogens is 843 g/mol. The second-order valence-electron chi connectivity index (χ2n) is 13.0. The van der Waals surface area contributed by atoms with Crippen molar-refractivity contribution in [1.82, 2.24) is 5.06 Å². The normalized spacial score (nSPS) is 13.8. The van der Waals surface area contributed by atoms with Crippen molar-refractivity contribution >= 4 is 17.5 Å². The Balaban J connectivity index is 0.000000455. The number of amides is 1. The fourth-order valence-corrected chi connectivity index (χ4v) is 4.93. The van der Waals surface area contributed by atoms with Gasteiger partial charge in [0.15, 0.2) is 18.5 Å². The number of hydrogen-bond acceptors (Lipinski definition) is 4. The molecule has 0 spiro atoms. The predicted molar refractivity (Wildman–Crippen MR) is 190 cm³/mol. The summed E-state index contributed by atoms with van der Waals surface area (Å²) in [4.78, 5) is 37.8. The molecule has 3 rings (SSSR count). The maximum atomic E-state index is 13.5. The van der Waals surface area contributed by atoms with E-state index in [-0.39, 0.29) is 25.7 Å². The molecule has 3 aromatic carbocycles. The molecule has 0 radical (unpaired) electrons. The maximum Gasteiger partial charge on any atom is 0.461 e. The largest absolute Gasteiger partial charge is 0.461 e. The first-order valence-electron chi connectivity index (χ1n) is 17.9. The number of ketones is 2. The lowest BCUT2D eigenvalue weighted by atomic mass is 9.98. The second kappa shape index (κ2) is 24.0. The zero-order valence-corrected chi connectivity index (χ0v) is 32.0. The average molecular weight is 886 g/mol. The highest BCUT2D eigenvalue weighted by Gasteiger charge is 2.76. The number of benzene rings is 3. The first kappa shape index (κ1) is 53.4. The second-order valence-corrected chi connectivity index (χ2v) is 13.0. The SMILES string of the molecule is CON(C)C(=O)C(F)CCCc1ccccc1.O=C(C(F)CCCc1ccccc1)C(F)(F)C(F)(F)C(F)(F)F.O=C(C(F)CCCc1ccccc1)C(F)(F)C(F)(F)F. The van der Waals surface area contributed by atoms with Crippen LogP contribution in [0.1, 0.15) is 55.2 Å². The van der Waals surface area contributed by atoms with E-state index in [1.165, 1.54) is 14.2 Å². The van der Waals surface area contributed by atoms with Gasteiger partial charge in [-0.15, -0.1) is 0 Å². The van der Waals surface area contributed by atoms with E-state index in [1.54, 1.807) is 60.7 Å². The smallest absolute Gasteiger partial charge is 0.289 e. The summed E-state index contributed by atoms with van der Waals surface area (Å²) in [5.74, 6) is -24.8. The van der Waals surface area contributed by atoms with Gasteiger partial charge in [0.05, 0.1) is 7.11 Å². The zero-order valence-electron chi connectivity index (χ0n) is 32.0. The maximum absolute atomic E-state index is 13.5. The third kappa shape index (κ3) is 16.4. The lowest BCUT2D eigenvalue weighted by molar-refractivity contribution is -0.344. The summed E-state index contributed by atoms with van der Waals surface area (Å²) in [6.07, 6.45) is -19.7. The number of rotatable bonds is 19. The van der Waals surface area contributed by atoms with Crippen LogP contribution < -0.4 is 0 Å².